The topological polar surface area (TPSA) is 88.0 Å². The minimum atomic E-state index is -0.612. The Morgan fingerprint density at radius 1 is 1.16 bits per heavy atom. The summed E-state index contributed by atoms with van der Waals surface area (Å²) < 4.78 is 17.8. The molecule has 0 bridgehead atoms. The predicted octanol–water partition coefficient (Wildman–Crippen LogP) is -0.0388. The molecule has 0 atom stereocenters. The van der Waals surface area contributed by atoms with E-state index in [1.165, 1.54) is 21.5 Å². The molecule has 8 nitrogen and oxygen atoms in total. The van der Waals surface area contributed by atoms with Gasteiger partial charge in [0.15, 0.2) is 11.6 Å². The lowest BCUT2D eigenvalue weighted by molar-refractivity contribution is 0.567. The lowest BCUT2D eigenvalue weighted by atomic mass is 10.2. The number of anilines is 1. The van der Waals surface area contributed by atoms with E-state index in [0.717, 1.165) is 26.2 Å². The van der Waals surface area contributed by atoms with Crippen LogP contribution in [-0.4, -0.2) is 45.5 Å². The summed E-state index contributed by atoms with van der Waals surface area (Å²) in [6, 6.07) is 4.70. The van der Waals surface area contributed by atoms with Gasteiger partial charge in [-0.25, -0.2) is 9.18 Å². The number of piperazine rings is 1. The molecule has 0 spiro atoms. The summed E-state index contributed by atoms with van der Waals surface area (Å²) in [5, 5.41) is 8.03. The summed E-state index contributed by atoms with van der Waals surface area (Å²) in [5.41, 5.74) is -0.255. The van der Waals surface area contributed by atoms with Gasteiger partial charge >= 0.3 is 5.69 Å². The molecule has 3 aromatic rings. The van der Waals surface area contributed by atoms with Crippen molar-refractivity contribution in [2.75, 3.05) is 31.1 Å². The molecule has 1 aliphatic rings. The summed E-state index contributed by atoms with van der Waals surface area (Å²) in [6.45, 7) is 3.07. The first-order valence-corrected chi connectivity index (χ1v) is 7.99. The van der Waals surface area contributed by atoms with Crippen LogP contribution in [0.15, 0.2) is 34.0 Å². The van der Waals surface area contributed by atoms with Gasteiger partial charge in [0.1, 0.15) is 5.52 Å². The Morgan fingerprint density at radius 3 is 2.64 bits per heavy atom. The van der Waals surface area contributed by atoms with Crippen LogP contribution in [0.4, 0.5) is 10.1 Å². The maximum absolute atomic E-state index is 15.1. The molecule has 0 unspecified atom stereocenters. The van der Waals surface area contributed by atoms with Gasteiger partial charge in [0.25, 0.3) is 5.56 Å². The van der Waals surface area contributed by atoms with E-state index >= 15 is 4.39 Å². The average molecular weight is 344 g/mol. The first-order valence-electron chi connectivity index (χ1n) is 7.99. The van der Waals surface area contributed by atoms with Crippen molar-refractivity contribution in [3.8, 4) is 5.82 Å². The van der Waals surface area contributed by atoms with Crippen molar-refractivity contribution in [2.24, 2.45) is 7.05 Å². The number of nitrogens with zero attached hydrogens (tertiary/aromatic N) is 4. The number of aromatic nitrogens is 4. The van der Waals surface area contributed by atoms with Gasteiger partial charge in [-0.2, -0.15) is 5.10 Å². The van der Waals surface area contributed by atoms with Crippen LogP contribution >= 0.6 is 0 Å². The Morgan fingerprint density at radius 2 is 1.92 bits per heavy atom. The van der Waals surface area contributed by atoms with Crippen LogP contribution in [0, 0.1) is 5.82 Å². The summed E-state index contributed by atoms with van der Waals surface area (Å²) in [4.78, 5) is 27.5. The number of fused-ring (bicyclic) bond motifs is 1. The summed E-state index contributed by atoms with van der Waals surface area (Å²) in [5.74, 6) is -0.0809. The van der Waals surface area contributed by atoms with Gasteiger partial charge in [0.05, 0.1) is 5.69 Å². The van der Waals surface area contributed by atoms with Gasteiger partial charge in [-0.1, -0.05) is 0 Å². The molecule has 25 heavy (non-hydrogen) atoms. The molecule has 1 aliphatic heterocycles. The number of rotatable bonds is 2. The average Bonchev–Trinajstić information content (AvgIpc) is 2.93. The molecule has 4 rings (SSSR count). The minimum Gasteiger partial charge on any atom is -0.367 e. The molecule has 3 heterocycles. The number of halogens is 1. The molecule has 130 valence electrons. The first kappa shape index (κ1) is 15.6. The first-order chi connectivity index (χ1) is 12.1. The Labute approximate surface area is 141 Å². The minimum absolute atomic E-state index is 0.282. The van der Waals surface area contributed by atoms with Gasteiger partial charge in [0, 0.05) is 50.9 Å². The third-order valence-corrected chi connectivity index (χ3v) is 4.41. The van der Waals surface area contributed by atoms with Crippen LogP contribution in [0.1, 0.15) is 0 Å². The summed E-state index contributed by atoms with van der Waals surface area (Å²) in [6.07, 6.45) is 1.34. The van der Waals surface area contributed by atoms with Gasteiger partial charge < -0.3 is 10.2 Å². The van der Waals surface area contributed by atoms with Crippen LogP contribution in [-0.2, 0) is 7.05 Å². The molecule has 9 heteroatoms. The molecule has 0 radical (unpaired) electrons. The quantitative estimate of drug-likeness (QED) is 0.681. The molecular weight excluding hydrogens is 327 g/mol. The van der Waals surface area contributed by atoms with E-state index < -0.39 is 11.2 Å². The molecule has 0 amide bonds. The maximum atomic E-state index is 15.1. The fourth-order valence-electron chi connectivity index (χ4n) is 3.21. The van der Waals surface area contributed by atoms with E-state index in [2.05, 4.69) is 15.4 Å². The molecule has 1 fully saturated rings. The third-order valence-electron chi connectivity index (χ3n) is 4.41. The van der Waals surface area contributed by atoms with Crippen LogP contribution < -0.4 is 21.5 Å². The fourth-order valence-corrected chi connectivity index (χ4v) is 3.21. The smallest absolute Gasteiger partial charge is 0.334 e. The van der Waals surface area contributed by atoms with E-state index in [0.29, 0.717) is 16.6 Å². The maximum Gasteiger partial charge on any atom is 0.334 e. The van der Waals surface area contributed by atoms with E-state index in [9.17, 15) is 9.59 Å². The van der Waals surface area contributed by atoms with Crippen molar-refractivity contribution < 1.29 is 4.39 Å². The van der Waals surface area contributed by atoms with Gasteiger partial charge in [-0.05, 0) is 12.1 Å². The van der Waals surface area contributed by atoms with E-state index in [1.54, 1.807) is 19.2 Å². The van der Waals surface area contributed by atoms with E-state index in [1.807, 2.05) is 4.90 Å². The zero-order valence-electron chi connectivity index (χ0n) is 13.6. The highest BCUT2D eigenvalue weighted by Crippen LogP contribution is 2.30. The van der Waals surface area contributed by atoms with Crippen LogP contribution in [0.5, 0.6) is 0 Å². The zero-order valence-corrected chi connectivity index (χ0v) is 13.6. The molecule has 0 aliphatic carbocycles. The normalized spacial score (nSPS) is 15.0. The highest BCUT2D eigenvalue weighted by molar-refractivity contribution is 5.90. The number of benzene rings is 1. The zero-order chi connectivity index (χ0) is 17.6. The number of hydrogen-bond donors (Lipinski definition) is 2. The second kappa shape index (κ2) is 5.85. The fraction of sp³-hybridized carbons (Fsp3) is 0.312. The van der Waals surface area contributed by atoms with Crippen LogP contribution in [0.25, 0.3) is 16.7 Å². The number of H-pyrrole nitrogens is 1. The number of aryl methyl sites for hydroxylation is 1. The van der Waals surface area contributed by atoms with Crippen molar-refractivity contribution in [2.45, 2.75) is 0 Å². The highest BCUT2D eigenvalue weighted by atomic mass is 19.1. The lowest BCUT2D eigenvalue weighted by Crippen LogP contribution is -2.43. The van der Waals surface area contributed by atoms with Crippen molar-refractivity contribution in [3.05, 3.63) is 51.1 Å². The SMILES string of the molecule is Cn1nc(-n2ccc(=O)[nH]c2=O)c2ccc(N3CCNCC3)c(F)c21. The molecule has 2 N–H and O–H groups in total. The summed E-state index contributed by atoms with van der Waals surface area (Å²) >= 11 is 0. The Balaban J connectivity index is 1.90. The predicted molar refractivity (Wildman–Crippen MR) is 92.0 cm³/mol. The second-order valence-electron chi connectivity index (χ2n) is 5.96. The molecule has 1 saturated heterocycles. The number of aromatic amines is 1. The van der Waals surface area contributed by atoms with Gasteiger partial charge in [-0.3, -0.25) is 19.0 Å². The third kappa shape index (κ3) is 2.52. The van der Waals surface area contributed by atoms with Crippen molar-refractivity contribution >= 4 is 16.6 Å². The monoisotopic (exact) mass is 344 g/mol. The van der Waals surface area contributed by atoms with Crippen molar-refractivity contribution in [1.82, 2.24) is 24.6 Å². The molecular formula is C16H17FN6O2. The van der Waals surface area contributed by atoms with Crippen molar-refractivity contribution in [3.63, 3.8) is 0 Å². The molecule has 1 aromatic carbocycles. The van der Waals surface area contributed by atoms with Crippen molar-refractivity contribution in [1.29, 1.82) is 0 Å². The van der Waals surface area contributed by atoms with E-state index in [-0.39, 0.29) is 11.6 Å². The van der Waals surface area contributed by atoms with Crippen LogP contribution in [0.3, 0.4) is 0 Å². The van der Waals surface area contributed by atoms with E-state index in [4.69, 9.17) is 0 Å². The molecule has 0 saturated carbocycles. The Hall–Kier alpha value is -2.94. The second-order valence-corrected chi connectivity index (χ2v) is 5.96. The Kier molecular flexibility index (Phi) is 3.65. The lowest BCUT2D eigenvalue weighted by Gasteiger charge is -2.29. The Bertz CT molecular complexity index is 1060. The van der Waals surface area contributed by atoms with Crippen LogP contribution in [0.2, 0.25) is 0 Å². The number of hydrogen-bond acceptors (Lipinski definition) is 5. The van der Waals surface area contributed by atoms with Gasteiger partial charge in [0.2, 0.25) is 0 Å². The van der Waals surface area contributed by atoms with Gasteiger partial charge in [-0.15, -0.1) is 0 Å². The standard InChI is InChI=1S/C16H17FN6O2/c1-21-14-10(15(20-21)23-7-4-12(24)19-16(23)25)2-3-11(13(14)17)22-8-5-18-6-9-22/h2-4,7,18H,5-6,8-9H2,1H3,(H,19,24,25). The largest absolute Gasteiger partial charge is 0.367 e. The highest BCUT2D eigenvalue weighted by Gasteiger charge is 2.21. The number of nitrogens with one attached hydrogen (secondary N) is 2. The molecule has 2 aromatic heterocycles. The summed E-state index contributed by atoms with van der Waals surface area (Å²) in [7, 11) is 1.63.